The van der Waals surface area contributed by atoms with Gasteiger partial charge in [-0.3, -0.25) is 9.36 Å². The molecule has 0 radical (unpaired) electrons. The summed E-state index contributed by atoms with van der Waals surface area (Å²) in [5.74, 6) is -0.163. The number of morpholine rings is 1. The van der Waals surface area contributed by atoms with Crippen molar-refractivity contribution in [3.63, 3.8) is 0 Å². The topological polar surface area (TPSA) is 68.2 Å². The van der Waals surface area contributed by atoms with Crippen molar-refractivity contribution < 1.29 is 18.3 Å². The number of nitrogens with one attached hydrogen (secondary N) is 2. The van der Waals surface area contributed by atoms with Crippen LogP contribution in [-0.4, -0.2) is 40.8 Å². The molecule has 122 valence electrons. The van der Waals surface area contributed by atoms with Crippen LogP contribution in [0.5, 0.6) is 0 Å². The van der Waals surface area contributed by atoms with Gasteiger partial charge in [0, 0.05) is 18.9 Å². The lowest BCUT2D eigenvalue weighted by Gasteiger charge is -2.29. The highest BCUT2D eigenvalue weighted by Gasteiger charge is 2.28. The predicted molar refractivity (Wildman–Crippen MR) is 77.0 cm³/mol. The molecule has 2 rings (SSSR count). The van der Waals surface area contributed by atoms with Gasteiger partial charge in [-0.05, 0) is 6.92 Å². The van der Waals surface area contributed by atoms with E-state index in [2.05, 4.69) is 15.6 Å². The molecule has 0 bridgehead atoms. The maximum absolute atomic E-state index is 12.6. The van der Waals surface area contributed by atoms with Gasteiger partial charge in [-0.25, -0.2) is 4.98 Å². The zero-order valence-electron chi connectivity index (χ0n) is 11.3. The number of carbonyl (C=O) groups is 1. The number of aromatic nitrogens is 2. The minimum Gasteiger partial charge on any atom is -0.375 e. The summed E-state index contributed by atoms with van der Waals surface area (Å²) < 4.78 is 31.2. The lowest BCUT2D eigenvalue weighted by Crippen LogP contribution is -2.55. The number of hydrogen-bond donors (Lipinski definition) is 2. The Labute approximate surface area is 133 Å². The minimum absolute atomic E-state index is 0. The van der Waals surface area contributed by atoms with E-state index < -0.39 is 12.6 Å². The Morgan fingerprint density at radius 1 is 1.62 bits per heavy atom. The van der Waals surface area contributed by atoms with Crippen molar-refractivity contribution in [3.05, 3.63) is 18.2 Å². The molecule has 0 aliphatic carbocycles. The fourth-order valence-electron chi connectivity index (χ4n) is 1.96. The lowest BCUT2D eigenvalue weighted by atomic mass is 10.1. The Kier molecular flexibility index (Phi) is 8.72. The summed E-state index contributed by atoms with van der Waals surface area (Å²) in [4.78, 5) is 15.7. The van der Waals surface area contributed by atoms with Gasteiger partial charge in [0.15, 0.2) is 0 Å². The highest BCUT2D eigenvalue weighted by Crippen LogP contribution is 2.12. The molecule has 0 saturated carbocycles. The van der Waals surface area contributed by atoms with Crippen LogP contribution in [0, 0.1) is 0 Å². The molecular formula is C11H18Cl2F2N4O2. The van der Waals surface area contributed by atoms with E-state index in [9.17, 15) is 13.6 Å². The van der Waals surface area contributed by atoms with Crippen LogP contribution < -0.4 is 10.6 Å². The second-order valence-electron chi connectivity index (χ2n) is 4.25. The van der Waals surface area contributed by atoms with Gasteiger partial charge in [0.2, 0.25) is 5.91 Å². The third kappa shape index (κ3) is 5.06. The number of carbonyl (C=O) groups excluding carboxylic acids is 1. The molecule has 0 aromatic carbocycles. The third-order valence-corrected chi connectivity index (χ3v) is 2.98. The molecule has 1 aromatic heterocycles. The number of alkyl halides is 2. The molecule has 2 atom stereocenters. The van der Waals surface area contributed by atoms with Gasteiger partial charge in [-0.1, -0.05) is 0 Å². The number of amides is 1. The number of halogens is 4. The van der Waals surface area contributed by atoms with Gasteiger partial charge < -0.3 is 15.4 Å². The SMILES string of the molecule is C[C@H]1OCCN[C@@H]1C(=O)NCc1nccn1C(F)F.Cl.Cl. The summed E-state index contributed by atoms with van der Waals surface area (Å²) >= 11 is 0. The van der Waals surface area contributed by atoms with Crippen LogP contribution in [0.1, 0.15) is 19.3 Å². The molecule has 10 heteroatoms. The van der Waals surface area contributed by atoms with Crippen LogP contribution in [0.15, 0.2) is 12.4 Å². The van der Waals surface area contributed by atoms with Gasteiger partial charge in [0.05, 0.1) is 19.3 Å². The van der Waals surface area contributed by atoms with E-state index in [-0.39, 0.29) is 49.2 Å². The minimum atomic E-state index is -2.66. The van der Waals surface area contributed by atoms with E-state index in [0.717, 1.165) is 0 Å². The Morgan fingerprint density at radius 3 is 2.95 bits per heavy atom. The average molecular weight is 347 g/mol. The van der Waals surface area contributed by atoms with Crippen LogP contribution in [0.25, 0.3) is 0 Å². The van der Waals surface area contributed by atoms with Gasteiger partial charge in [0.25, 0.3) is 0 Å². The molecule has 1 aliphatic heterocycles. The fourth-order valence-corrected chi connectivity index (χ4v) is 1.96. The summed E-state index contributed by atoms with van der Waals surface area (Å²) in [6.07, 6.45) is 2.21. The Morgan fingerprint density at radius 2 is 2.33 bits per heavy atom. The van der Waals surface area contributed by atoms with E-state index in [0.29, 0.717) is 17.7 Å². The molecule has 6 nitrogen and oxygen atoms in total. The smallest absolute Gasteiger partial charge is 0.319 e. The lowest BCUT2D eigenvalue weighted by molar-refractivity contribution is -0.129. The van der Waals surface area contributed by atoms with Crippen molar-refractivity contribution in [1.29, 1.82) is 0 Å². The largest absolute Gasteiger partial charge is 0.375 e. The molecule has 1 aliphatic rings. The zero-order chi connectivity index (χ0) is 13.8. The number of imidazole rings is 1. The fraction of sp³-hybridized carbons (Fsp3) is 0.636. The van der Waals surface area contributed by atoms with Crippen molar-refractivity contribution >= 4 is 30.7 Å². The summed E-state index contributed by atoms with van der Waals surface area (Å²) in [6.45, 7) is 0.233. The summed E-state index contributed by atoms with van der Waals surface area (Å²) in [6, 6.07) is -0.469. The molecule has 21 heavy (non-hydrogen) atoms. The number of hydrogen-bond acceptors (Lipinski definition) is 4. The standard InChI is InChI=1S/C11H16F2N4O2.2ClH/c1-7-9(15-3-5-19-7)10(18)16-6-8-14-2-4-17(8)11(12)13;;/h2,4,7,9,11,15H,3,5-6H2,1H3,(H,16,18);2*1H/t7-,9+;;/m1../s1. The molecule has 0 spiro atoms. The Hall–Kier alpha value is -0.960. The molecule has 2 heterocycles. The van der Waals surface area contributed by atoms with E-state index in [1.54, 1.807) is 6.92 Å². The summed E-state index contributed by atoms with van der Waals surface area (Å²) in [5.41, 5.74) is 0. The average Bonchev–Trinajstić information content (AvgIpc) is 2.85. The quantitative estimate of drug-likeness (QED) is 0.857. The Bertz CT molecular complexity index is 448. The van der Waals surface area contributed by atoms with Gasteiger partial charge in [0.1, 0.15) is 11.9 Å². The summed E-state index contributed by atoms with van der Waals surface area (Å²) in [5, 5.41) is 5.61. The first-order chi connectivity index (χ1) is 9.09. The second-order valence-corrected chi connectivity index (χ2v) is 4.25. The van der Waals surface area contributed by atoms with Crippen LogP contribution >= 0.6 is 24.8 Å². The maximum Gasteiger partial charge on any atom is 0.319 e. The molecular weight excluding hydrogens is 329 g/mol. The predicted octanol–water partition coefficient (Wildman–Crippen LogP) is 1.11. The number of ether oxygens (including phenoxy) is 1. The van der Waals surface area contributed by atoms with Crippen molar-refractivity contribution in [2.75, 3.05) is 13.2 Å². The van der Waals surface area contributed by atoms with Crippen LogP contribution in [0.3, 0.4) is 0 Å². The van der Waals surface area contributed by atoms with E-state index in [1.807, 2.05) is 0 Å². The first-order valence-electron chi connectivity index (χ1n) is 6.02. The van der Waals surface area contributed by atoms with Crippen molar-refractivity contribution in [2.24, 2.45) is 0 Å². The van der Waals surface area contributed by atoms with Crippen molar-refractivity contribution in [2.45, 2.75) is 32.2 Å². The first-order valence-corrected chi connectivity index (χ1v) is 6.02. The van der Waals surface area contributed by atoms with E-state index in [1.165, 1.54) is 12.4 Å². The van der Waals surface area contributed by atoms with Crippen LogP contribution in [0.2, 0.25) is 0 Å². The summed E-state index contributed by atoms with van der Waals surface area (Å²) in [7, 11) is 0. The molecule has 1 amide bonds. The van der Waals surface area contributed by atoms with Crippen molar-refractivity contribution in [1.82, 2.24) is 20.2 Å². The molecule has 2 N–H and O–H groups in total. The van der Waals surface area contributed by atoms with Gasteiger partial charge in [-0.15, -0.1) is 24.8 Å². The van der Waals surface area contributed by atoms with Gasteiger partial charge >= 0.3 is 6.55 Å². The van der Waals surface area contributed by atoms with Crippen LogP contribution in [0.4, 0.5) is 8.78 Å². The van der Waals surface area contributed by atoms with E-state index in [4.69, 9.17) is 4.74 Å². The molecule has 1 fully saturated rings. The van der Waals surface area contributed by atoms with Gasteiger partial charge in [-0.2, -0.15) is 8.78 Å². The highest BCUT2D eigenvalue weighted by atomic mass is 35.5. The van der Waals surface area contributed by atoms with Crippen LogP contribution in [-0.2, 0) is 16.1 Å². The number of nitrogens with zero attached hydrogens (tertiary/aromatic N) is 2. The monoisotopic (exact) mass is 346 g/mol. The zero-order valence-corrected chi connectivity index (χ0v) is 12.9. The second kappa shape index (κ2) is 9.14. The first kappa shape index (κ1) is 20.0. The van der Waals surface area contributed by atoms with Crippen molar-refractivity contribution in [3.8, 4) is 0 Å². The number of rotatable bonds is 4. The third-order valence-electron chi connectivity index (χ3n) is 2.98. The molecule has 0 unspecified atom stereocenters. The highest BCUT2D eigenvalue weighted by molar-refractivity contribution is 5.85. The Balaban J connectivity index is 0.00000200. The maximum atomic E-state index is 12.6. The van der Waals surface area contributed by atoms with E-state index >= 15 is 0 Å². The molecule has 1 aromatic rings. The normalized spacial score (nSPS) is 21.3. The molecule has 1 saturated heterocycles.